The Kier molecular flexibility index (Phi) is 6.51. The van der Waals surface area contributed by atoms with Crippen molar-refractivity contribution in [2.45, 2.75) is 32.1 Å². The highest BCUT2D eigenvalue weighted by atomic mass is 35.5. The van der Waals surface area contributed by atoms with Crippen LogP contribution in [0.2, 0.25) is 10.0 Å². The second-order valence-electron chi connectivity index (χ2n) is 4.58. The Balaban J connectivity index is 2.26. The molecule has 0 bridgehead atoms. The fourth-order valence-corrected chi connectivity index (χ4v) is 2.13. The van der Waals surface area contributed by atoms with Crippen LogP contribution >= 0.6 is 23.2 Å². The topological polar surface area (TPSA) is 20.3 Å². The summed E-state index contributed by atoms with van der Waals surface area (Å²) < 4.78 is 0. The van der Waals surface area contributed by atoms with E-state index in [2.05, 4.69) is 0 Å². The van der Waals surface area contributed by atoms with Gasteiger partial charge in [-0.25, -0.2) is 0 Å². The molecule has 0 aliphatic carbocycles. The normalized spacial score (nSPS) is 10.4. The van der Waals surface area contributed by atoms with Crippen LogP contribution in [-0.2, 0) is 11.2 Å². The van der Waals surface area contributed by atoms with E-state index in [4.69, 9.17) is 23.2 Å². The van der Waals surface area contributed by atoms with Crippen molar-refractivity contribution in [3.8, 4) is 0 Å². The first-order chi connectivity index (χ1) is 8.50. The maximum atomic E-state index is 11.4. The van der Waals surface area contributed by atoms with E-state index in [0.717, 1.165) is 41.3 Å². The fraction of sp³-hybridized carbons (Fsp3) is 0.500. The van der Waals surface area contributed by atoms with E-state index in [1.54, 1.807) is 25.1 Å². The van der Waals surface area contributed by atoms with Gasteiger partial charge < -0.3 is 4.90 Å². The van der Waals surface area contributed by atoms with E-state index >= 15 is 0 Å². The molecule has 0 radical (unpaired) electrons. The van der Waals surface area contributed by atoms with E-state index in [-0.39, 0.29) is 5.91 Å². The number of aryl methyl sites for hydroxylation is 1. The van der Waals surface area contributed by atoms with Gasteiger partial charge in [0, 0.05) is 30.6 Å². The molecule has 0 saturated carbocycles. The fourth-order valence-electron chi connectivity index (χ4n) is 1.73. The van der Waals surface area contributed by atoms with E-state index in [1.807, 2.05) is 12.1 Å². The summed E-state index contributed by atoms with van der Waals surface area (Å²) in [5.41, 5.74) is 1.09. The molecular weight excluding hydrogens is 269 g/mol. The van der Waals surface area contributed by atoms with Gasteiger partial charge in [0.1, 0.15) is 0 Å². The van der Waals surface area contributed by atoms with E-state index < -0.39 is 0 Å². The van der Waals surface area contributed by atoms with Gasteiger partial charge in [-0.05, 0) is 43.0 Å². The van der Waals surface area contributed by atoms with Gasteiger partial charge in [-0.1, -0.05) is 29.6 Å². The lowest BCUT2D eigenvalue weighted by atomic mass is 10.1. The van der Waals surface area contributed by atoms with Crippen LogP contribution in [-0.4, -0.2) is 24.9 Å². The van der Waals surface area contributed by atoms with Crippen LogP contribution in [0.15, 0.2) is 18.2 Å². The molecule has 0 aliphatic heterocycles. The number of amides is 1. The van der Waals surface area contributed by atoms with Crippen molar-refractivity contribution in [1.82, 2.24) is 4.90 Å². The molecule has 0 aliphatic rings. The standard InChI is InChI=1S/C14H19Cl2NO/c1-17(2)14(18)7-5-3-4-6-11-10-12(15)8-9-13(11)16/h8-10H,3-7H2,1-2H3. The van der Waals surface area contributed by atoms with Crippen molar-refractivity contribution in [2.75, 3.05) is 14.1 Å². The maximum Gasteiger partial charge on any atom is 0.222 e. The highest BCUT2D eigenvalue weighted by Crippen LogP contribution is 2.22. The number of halogens is 2. The lowest BCUT2D eigenvalue weighted by Crippen LogP contribution is -2.20. The van der Waals surface area contributed by atoms with Gasteiger partial charge in [0.15, 0.2) is 0 Å². The Morgan fingerprint density at radius 3 is 2.56 bits per heavy atom. The van der Waals surface area contributed by atoms with Gasteiger partial charge in [0.05, 0.1) is 0 Å². The summed E-state index contributed by atoms with van der Waals surface area (Å²) in [4.78, 5) is 13.0. The molecule has 0 heterocycles. The van der Waals surface area contributed by atoms with Crippen LogP contribution in [0.25, 0.3) is 0 Å². The lowest BCUT2D eigenvalue weighted by Gasteiger charge is -2.09. The average Bonchev–Trinajstić information content (AvgIpc) is 2.32. The number of hydrogen-bond acceptors (Lipinski definition) is 1. The predicted octanol–water partition coefficient (Wildman–Crippen LogP) is 4.18. The number of benzene rings is 1. The van der Waals surface area contributed by atoms with Crippen molar-refractivity contribution in [2.24, 2.45) is 0 Å². The molecule has 4 heteroatoms. The molecule has 1 rings (SSSR count). The predicted molar refractivity (Wildman–Crippen MR) is 77.3 cm³/mol. The molecule has 0 saturated heterocycles. The monoisotopic (exact) mass is 287 g/mol. The zero-order valence-electron chi connectivity index (χ0n) is 10.9. The molecule has 100 valence electrons. The summed E-state index contributed by atoms with van der Waals surface area (Å²) in [6, 6.07) is 5.53. The van der Waals surface area contributed by atoms with Gasteiger partial charge in [0.25, 0.3) is 0 Å². The average molecular weight is 288 g/mol. The van der Waals surface area contributed by atoms with Crippen molar-refractivity contribution in [3.63, 3.8) is 0 Å². The van der Waals surface area contributed by atoms with Crippen LogP contribution in [0.4, 0.5) is 0 Å². The quantitative estimate of drug-likeness (QED) is 0.719. The first-order valence-electron chi connectivity index (χ1n) is 6.15. The minimum atomic E-state index is 0.191. The second kappa shape index (κ2) is 7.65. The molecule has 0 fully saturated rings. The second-order valence-corrected chi connectivity index (χ2v) is 5.43. The van der Waals surface area contributed by atoms with Crippen molar-refractivity contribution < 1.29 is 4.79 Å². The Hall–Kier alpha value is -0.730. The maximum absolute atomic E-state index is 11.4. The van der Waals surface area contributed by atoms with Gasteiger partial charge >= 0.3 is 0 Å². The number of carbonyl (C=O) groups excluding carboxylic acids is 1. The van der Waals surface area contributed by atoms with E-state index in [1.165, 1.54) is 0 Å². The molecule has 1 amide bonds. The Labute approximate surface area is 119 Å². The highest BCUT2D eigenvalue weighted by Gasteiger charge is 2.04. The third-order valence-corrected chi connectivity index (χ3v) is 3.45. The summed E-state index contributed by atoms with van der Waals surface area (Å²) in [6.07, 6.45) is 4.52. The summed E-state index contributed by atoms with van der Waals surface area (Å²) in [6.45, 7) is 0. The third kappa shape index (κ3) is 5.28. The van der Waals surface area contributed by atoms with Gasteiger partial charge in [-0.15, -0.1) is 0 Å². The molecule has 1 aromatic rings. The third-order valence-electron chi connectivity index (χ3n) is 2.84. The Morgan fingerprint density at radius 1 is 1.17 bits per heavy atom. The Bertz CT molecular complexity index is 405. The summed E-state index contributed by atoms with van der Waals surface area (Å²) in [5.74, 6) is 0.191. The summed E-state index contributed by atoms with van der Waals surface area (Å²) >= 11 is 12.0. The molecule has 0 spiro atoms. The number of unbranched alkanes of at least 4 members (excludes halogenated alkanes) is 2. The van der Waals surface area contributed by atoms with Gasteiger partial charge in [0.2, 0.25) is 5.91 Å². The number of carbonyl (C=O) groups is 1. The minimum absolute atomic E-state index is 0.191. The van der Waals surface area contributed by atoms with E-state index in [9.17, 15) is 4.79 Å². The molecule has 1 aromatic carbocycles. The van der Waals surface area contributed by atoms with Crippen molar-refractivity contribution in [1.29, 1.82) is 0 Å². The molecule has 0 atom stereocenters. The van der Waals surface area contributed by atoms with Crippen LogP contribution < -0.4 is 0 Å². The van der Waals surface area contributed by atoms with Crippen LogP contribution in [0.3, 0.4) is 0 Å². The molecular formula is C14H19Cl2NO. The summed E-state index contributed by atoms with van der Waals surface area (Å²) in [7, 11) is 3.57. The zero-order valence-corrected chi connectivity index (χ0v) is 12.4. The first kappa shape index (κ1) is 15.3. The summed E-state index contributed by atoms with van der Waals surface area (Å²) in [5, 5.41) is 1.49. The largest absolute Gasteiger partial charge is 0.349 e. The molecule has 0 unspecified atom stereocenters. The SMILES string of the molecule is CN(C)C(=O)CCCCCc1cc(Cl)ccc1Cl. The first-order valence-corrected chi connectivity index (χ1v) is 6.90. The van der Waals surface area contributed by atoms with Gasteiger partial charge in [-0.3, -0.25) is 4.79 Å². The van der Waals surface area contributed by atoms with Gasteiger partial charge in [-0.2, -0.15) is 0 Å². The van der Waals surface area contributed by atoms with Crippen LogP contribution in [0, 0.1) is 0 Å². The Morgan fingerprint density at radius 2 is 1.89 bits per heavy atom. The van der Waals surface area contributed by atoms with E-state index in [0.29, 0.717) is 6.42 Å². The smallest absolute Gasteiger partial charge is 0.222 e. The van der Waals surface area contributed by atoms with Crippen LogP contribution in [0.1, 0.15) is 31.2 Å². The molecule has 18 heavy (non-hydrogen) atoms. The van der Waals surface area contributed by atoms with Crippen molar-refractivity contribution in [3.05, 3.63) is 33.8 Å². The number of rotatable bonds is 6. The minimum Gasteiger partial charge on any atom is -0.349 e. The highest BCUT2D eigenvalue weighted by molar-refractivity contribution is 6.33. The lowest BCUT2D eigenvalue weighted by molar-refractivity contribution is -0.128. The van der Waals surface area contributed by atoms with Crippen LogP contribution in [0.5, 0.6) is 0 Å². The molecule has 0 N–H and O–H groups in total. The number of nitrogens with zero attached hydrogens (tertiary/aromatic N) is 1. The molecule has 0 aromatic heterocycles. The van der Waals surface area contributed by atoms with Crippen molar-refractivity contribution >= 4 is 29.1 Å². The zero-order chi connectivity index (χ0) is 13.5. The molecule has 2 nitrogen and oxygen atoms in total. The number of hydrogen-bond donors (Lipinski definition) is 0.